The molecule has 0 saturated carbocycles. The van der Waals surface area contributed by atoms with Gasteiger partial charge in [0, 0.05) is 0 Å². The molecule has 0 fully saturated rings. The van der Waals surface area contributed by atoms with E-state index in [2.05, 4.69) is 23.5 Å². The maximum Gasteiger partial charge on any atom is 0.241 e. The predicted octanol–water partition coefficient (Wildman–Crippen LogP) is 3.52. The van der Waals surface area contributed by atoms with Crippen LogP contribution in [0.4, 0.5) is 5.69 Å². The van der Waals surface area contributed by atoms with E-state index in [9.17, 15) is 13.2 Å². The molecule has 1 aliphatic rings. The van der Waals surface area contributed by atoms with E-state index in [1.807, 2.05) is 26.0 Å². The van der Waals surface area contributed by atoms with Crippen LogP contribution in [-0.4, -0.2) is 27.1 Å². The van der Waals surface area contributed by atoms with E-state index >= 15 is 0 Å². The first-order chi connectivity index (χ1) is 13.3. The average molecular weight is 401 g/mol. The number of anilines is 1. The number of nitrogens with one attached hydrogen (secondary N) is 1. The normalized spacial score (nSPS) is 14.8. The van der Waals surface area contributed by atoms with Crippen LogP contribution in [0, 0.1) is 6.92 Å². The van der Waals surface area contributed by atoms with Crippen LogP contribution in [-0.2, 0) is 27.7 Å². The molecule has 6 heteroatoms. The SMILES string of the molecule is Cc1ccccc1N(CC(=O)N[C@@H](C)c1ccc2c(c1)CCCC2)S(C)(=O)=O. The molecule has 5 nitrogen and oxygen atoms in total. The third-order valence-electron chi connectivity index (χ3n) is 5.32. The smallest absolute Gasteiger partial charge is 0.241 e. The van der Waals surface area contributed by atoms with Gasteiger partial charge >= 0.3 is 0 Å². The second kappa shape index (κ2) is 8.35. The number of benzene rings is 2. The van der Waals surface area contributed by atoms with Crippen molar-refractivity contribution in [2.75, 3.05) is 17.1 Å². The molecule has 0 bridgehead atoms. The summed E-state index contributed by atoms with van der Waals surface area (Å²) in [6.07, 6.45) is 5.77. The first-order valence-corrected chi connectivity index (χ1v) is 11.5. The number of carbonyl (C=O) groups is 1. The molecule has 0 radical (unpaired) electrons. The molecule has 0 aromatic heterocycles. The molecular weight excluding hydrogens is 372 g/mol. The van der Waals surface area contributed by atoms with E-state index in [4.69, 9.17) is 0 Å². The van der Waals surface area contributed by atoms with Crippen molar-refractivity contribution in [3.05, 3.63) is 64.7 Å². The summed E-state index contributed by atoms with van der Waals surface area (Å²) in [7, 11) is -3.58. The topological polar surface area (TPSA) is 66.5 Å². The fraction of sp³-hybridized carbons (Fsp3) is 0.409. The van der Waals surface area contributed by atoms with Gasteiger partial charge in [0.1, 0.15) is 6.54 Å². The standard InChI is InChI=1S/C22H28N2O3S/c1-16-8-4-7-11-21(16)24(28(3,26)27)15-22(25)23-17(2)19-13-12-18-9-5-6-10-20(18)14-19/h4,7-8,11-14,17H,5-6,9-10,15H2,1-3H3,(H,23,25)/t17-/m0/s1. The summed E-state index contributed by atoms with van der Waals surface area (Å²) in [4.78, 5) is 12.6. The van der Waals surface area contributed by atoms with Gasteiger partial charge < -0.3 is 5.32 Å². The molecule has 2 aromatic rings. The molecule has 0 unspecified atom stereocenters. The van der Waals surface area contributed by atoms with Gasteiger partial charge in [-0.3, -0.25) is 9.10 Å². The van der Waals surface area contributed by atoms with Crippen LogP contribution in [0.1, 0.15) is 48.1 Å². The number of fused-ring (bicyclic) bond motifs is 1. The van der Waals surface area contributed by atoms with Crippen molar-refractivity contribution in [2.45, 2.75) is 45.6 Å². The van der Waals surface area contributed by atoms with Crippen molar-refractivity contribution in [2.24, 2.45) is 0 Å². The Morgan fingerprint density at radius 1 is 1.11 bits per heavy atom. The predicted molar refractivity (Wildman–Crippen MR) is 113 cm³/mol. The number of para-hydroxylation sites is 1. The highest BCUT2D eigenvalue weighted by atomic mass is 32.2. The van der Waals surface area contributed by atoms with E-state index < -0.39 is 10.0 Å². The maximum atomic E-state index is 12.6. The Morgan fingerprint density at radius 2 is 1.79 bits per heavy atom. The Balaban J connectivity index is 1.73. The number of hydrogen-bond acceptors (Lipinski definition) is 3. The summed E-state index contributed by atoms with van der Waals surface area (Å²) in [5.74, 6) is -0.320. The van der Waals surface area contributed by atoms with Gasteiger partial charge in [0.15, 0.2) is 0 Å². The Bertz CT molecular complexity index is 969. The highest BCUT2D eigenvalue weighted by molar-refractivity contribution is 7.92. The van der Waals surface area contributed by atoms with E-state index in [0.29, 0.717) is 5.69 Å². The molecular formula is C22H28N2O3S. The number of sulfonamides is 1. The average Bonchev–Trinajstić information content (AvgIpc) is 2.65. The fourth-order valence-corrected chi connectivity index (χ4v) is 4.66. The van der Waals surface area contributed by atoms with Crippen molar-refractivity contribution in [3.8, 4) is 0 Å². The molecule has 28 heavy (non-hydrogen) atoms. The van der Waals surface area contributed by atoms with E-state index in [0.717, 1.165) is 34.5 Å². The Morgan fingerprint density at radius 3 is 2.46 bits per heavy atom. The zero-order valence-corrected chi connectivity index (χ0v) is 17.6. The minimum Gasteiger partial charge on any atom is -0.348 e. The van der Waals surface area contributed by atoms with Crippen molar-refractivity contribution >= 4 is 21.6 Å². The van der Waals surface area contributed by atoms with Crippen molar-refractivity contribution in [3.63, 3.8) is 0 Å². The number of carbonyl (C=O) groups excluding carboxylic acids is 1. The Kier molecular flexibility index (Phi) is 6.08. The number of rotatable bonds is 6. The summed E-state index contributed by atoms with van der Waals surface area (Å²) in [6.45, 7) is 3.53. The van der Waals surface area contributed by atoms with Crippen LogP contribution in [0.25, 0.3) is 0 Å². The Labute approximate surface area is 167 Å². The summed E-state index contributed by atoms with van der Waals surface area (Å²) < 4.78 is 25.7. The molecule has 2 aromatic carbocycles. The molecule has 1 amide bonds. The zero-order chi connectivity index (χ0) is 20.3. The lowest BCUT2D eigenvalue weighted by atomic mass is 9.89. The first kappa shape index (κ1) is 20.4. The van der Waals surface area contributed by atoms with Gasteiger partial charge in [0.25, 0.3) is 0 Å². The summed E-state index contributed by atoms with van der Waals surface area (Å²) in [6, 6.07) is 13.4. The van der Waals surface area contributed by atoms with E-state index in [-0.39, 0.29) is 18.5 Å². The third-order valence-corrected chi connectivity index (χ3v) is 6.45. The minimum atomic E-state index is -3.58. The lowest BCUT2D eigenvalue weighted by Crippen LogP contribution is -2.41. The second-order valence-electron chi connectivity index (χ2n) is 7.58. The number of aryl methyl sites for hydroxylation is 3. The van der Waals surface area contributed by atoms with Crippen molar-refractivity contribution < 1.29 is 13.2 Å². The van der Waals surface area contributed by atoms with Crippen LogP contribution in [0.15, 0.2) is 42.5 Å². The van der Waals surface area contributed by atoms with Gasteiger partial charge in [-0.25, -0.2) is 8.42 Å². The van der Waals surface area contributed by atoms with Crippen molar-refractivity contribution in [1.29, 1.82) is 0 Å². The molecule has 0 saturated heterocycles. The summed E-state index contributed by atoms with van der Waals surface area (Å²) in [5, 5.41) is 2.95. The van der Waals surface area contributed by atoms with Crippen LogP contribution in [0.2, 0.25) is 0 Å². The summed E-state index contributed by atoms with van der Waals surface area (Å²) >= 11 is 0. The maximum absolute atomic E-state index is 12.6. The number of nitrogens with zero attached hydrogens (tertiary/aromatic N) is 1. The molecule has 1 N–H and O–H groups in total. The van der Waals surface area contributed by atoms with Crippen LogP contribution < -0.4 is 9.62 Å². The van der Waals surface area contributed by atoms with Gasteiger partial charge in [0.05, 0.1) is 18.0 Å². The number of hydrogen-bond donors (Lipinski definition) is 1. The quantitative estimate of drug-likeness (QED) is 0.807. The molecule has 1 atom stereocenters. The first-order valence-electron chi connectivity index (χ1n) is 9.70. The highest BCUT2D eigenvalue weighted by Crippen LogP contribution is 2.25. The molecule has 3 rings (SSSR count). The Hall–Kier alpha value is -2.34. The van der Waals surface area contributed by atoms with Crippen molar-refractivity contribution in [1.82, 2.24) is 5.32 Å². The lowest BCUT2D eigenvalue weighted by molar-refractivity contribution is -0.120. The monoisotopic (exact) mass is 400 g/mol. The van der Waals surface area contributed by atoms with E-state index in [1.54, 1.807) is 12.1 Å². The highest BCUT2D eigenvalue weighted by Gasteiger charge is 2.23. The number of amides is 1. The van der Waals surface area contributed by atoms with Gasteiger partial charge in [-0.15, -0.1) is 0 Å². The minimum absolute atomic E-state index is 0.182. The molecule has 0 aliphatic heterocycles. The second-order valence-corrected chi connectivity index (χ2v) is 9.49. The third kappa shape index (κ3) is 4.73. The van der Waals surface area contributed by atoms with Gasteiger partial charge in [-0.2, -0.15) is 0 Å². The zero-order valence-electron chi connectivity index (χ0n) is 16.7. The summed E-state index contributed by atoms with van der Waals surface area (Å²) in [5.41, 5.74) is 5.15. The molecule has 150 valence electrons. The van der Waals surface area contributed by atoms with Crippen LogP contribution >= 0.6 is 0 Å². The molecule has 0 heterocycles. The van der Waals surface area contributed by atoms with Gasteiger partial charge in [-0.1, -0.05) is 36.4 Å². The molecule has 0 spiro atoms. The van der Waals surface area contributed by atoms with Gasteiger partial charge in [0.2, 0.25) is 15.9 Å². The van der Waals surface area contributed by atoms with Gasteiger partial charge in [-0.05, 0) is 67.9 Å². The largest absolute Gasteiger partial charge is 0.348 e. The van der Waals surface area contributed by atoms with E-state index in [1.165, 1.54) is 24.0 Å². The molecule has 1 aliphatic carbocycles. The fourth-order valence-electron chi connectivity index (χ4n) is 3.75. The van der Waals surface area contributed by atoms with Crippen LogP contribution in [0.3, 0.4) is 0 Å². The van der Waals surface area contributed by atoms with Crippen LogP contribution in [0.5, 0.6) is 0 Å². The lowest BCUT2D eigenvalue weighted by Gasteiger charge is -2.25.